The maximum absolute atomic E-state index is 12.0. The molecule has 0 aliphatic rings. The van der Waals surface area contributed by atoms with E-state index >= 15 is 0 Å². The molecule has 0 spiro atoms. The van der Waals surface area contributed by atoms with E-state index in [1.807, 2.05) is 36.9 Å². The number of pyridine rings is 1. The Morgan fingerprint density at radius 1 is 1.47 bits per heavy atom. The molecule has 17 heavy (non-hydrogen) atoms. The molecule has 0 aliphatic heterocycles. The van der Waals surface area contributed by atoms with Crippen LogP contribution in [0, 0.1) is 6.92 Å². The van der Waals surface area contributed by atoms with Crippen LogP contribution in [0.1, 0.15) is 28.5 Å². The standard InChI is InChI=1S/C13H15N3O/c1-3-16-9-11(8-15-16)7-13(17)12-6-10(2)4-5-14-12/h4-6,8-9H,3,7H2,1-2H3. The molecule has 0 aromatic carbocycles. The number of hydrogen-bond donors (Lipinski definition) is 0. The third-order valence-electron chi connectivity index (χ3n) is 2.58. The molecule has 2 heterocycles. The van der Waals surface area contributed by atoms with Crippen LogP contribution < -0.4 is 0 Å². The molecule has 0 amide bonds. The molecular weight excluding hydrogens is 214 g/mol. The Bertz CT molecular complexity index is 531. The van der Waals surface area contributed by atoms with Crippen molar-refractivity contribution >= 4 is 5.78 Å². The SMILES string of the molecule is CCn1cc(CC(=O)c2cc(C)ccn2)cn1. The predicted molar refractivity (Wildman–Crippen MR) is 64.9 cm³/mol. The van der Waals surface area contributed by atoms with Gasteiger partial charge in [-0.1, -0.05) is 0 Å². The summed E-state index contributed by atoms with van der Waals surface area (Å²) < 4.78 is 1.81. The number of carbonyl (C=O) groups excluding carboxylic acids is 1. The summed E-state index contributed by atoms with van der Waals surface area (Å²) in [4.78, 5) is 16.1. The van der Waals surface area contributed by atoms with Crippen LogP contribution in [0.25, 0.3) is 0 Å². The van der Waals surface area contributed by atoms with Crippen LogP contribution in [0.2, 0.25) is 0 Å². The molecule has 0 aliphatic carbocycles. The second kappa shape index (κ2) is 4.91. The Kier molecular flexibility index (Phi) is 3.32. The van der Waals surface area contributed by atoms with Crippen molar-refractivity contribution < 1.29 is 4.79 Å². The average Bonchev–Trinajstić information content (AvgIpc) is 2.77. The van der Waals surface area contributed by atoms with Gasteiger partial charge in [-0.05, 0) is 37.1 Å². The lowest BCUT2D eigenvalue weighted by molar-refractivity contribution is 0.0988. The third kappa shape index (κ3) is 2.78. The maximum Gasteiger partial charge on any atom is 0.185 e. The normalized spacial score (nSPS) is 10.5. The average molecular weight is 229 g/mol. The Morgan fingerprint density at radius 3 is 2.94 bits per heavy atom. The van der Waals surface area contributed by atoms with Gasteiger partial charge in [-0.15, -0.1) is 0 Å². The fraction of sp³-hybridized carbons (Fsp3) is 0.308. The highest BCUT2D eigenvalue weighted by molar-refractivity contribution is 5.95. The lowest BCUT2D eigenvalue weighted by Gasteiger charge is -1.99. The van der Waals surface area contributed by atoms with E-state index in [2.05, 4.69) is 10.1 Å². The fourth-order valence-corrected chi connectivity index (χ4v) is 1.64. The number of hydrogen-bond acceptors (Lipinski definition) is 3. The zero-order chi connectivity index (χ0) is 12.3. The van der Waals surface area contributed by atoms with Crippen LogP contribution in [-0.4, -0.2) is 20.5 Å². The van der Waals surface area contributed by atoms with E-state index in [1.165, 1.54) is 0 Å². The highest BCUT2D eigenvalue weighted by Gasteiger charge is 2.09. The highest BCUT2D eigenvalue weighted by Crippen LogP contribution is 2.06. The van der Waals surface area contributed by atoms with Crippen molar-refractivity contribution in [3.8, 4) is 0 Å². The molecule has 2 aromatic rings. The molecule has 0 atom stereocenters. The molecule has 4 nitrogen and oxygen atoms in total. The van der Waals surface area contributed by atoms with Crippen molar-refractivity contribution in [3.63, 3.8) is 0 Å². The van der Waals surface area contributed by atoms with Gasteiger partial charge >= 0.3 is 0 Å². The van der Waals surface area contributed by atoms with Gasteiger partial charge in [0.2, 0.25) is 0 Å². The summed E-state index contributed by atoms with van der Waals surface area (Å²) in [5, 5.41) is 4.14. The number of rotatable bonds is 4. The first kappa shape index (κ1) is 11.5. The molecule has 0 saturated carbocycles. The van der Waals surface area contributed by atoms with Gasteiger partial charge in [0.25, 0.3) is 0 Å². The molecular formula is C13H15N3O. The van der Waals surface area contributed by atoms with E-state index in [1.54, 1.807) is 12.4 Å². The van der Waals surface area contributed by atoms with Gasteiger partial charge < -0.3 is 0 Å². The van der Waals surface area contributed by atoms with Crippen molar-refractivity contribution in [1.29, 1.82) is 0 Å². The number of aryl methyl sites for hydroxylation is 2. The first-order valence-corrected chi connectivity index (χ1v) is 5.66. The minimum atomic E-state index is 0.0318. The van der Waals surface area contributed by atoms with Crippen LogP contribution in [0.5, 0.6) is 0 Å². The number of ketones is 1. The quantitative estimate of drug-likeness (QED) is 0.754. The topological polar surface area (TPSA) is 47.8 Å². The minimum absolute atomic E-state index is 0.0318. The van der Waals surface area contributed by atoms with Crippen LogP contribution in [0.3, 0.4) is 0 Å². The molecule has 4 heteroatoms. The van der Waals surface area contributed by atoms with Crippen LogP contribution in [0.4, 0.5) is 0 Å². The van der Waals surface area contributed by atoms with E-state index in [9.17, 15) is 4.79 Å². The monoisotopic (exact) mass is 229 g/mol. The number of carbonyl (C=O) groups is 1. The highest BCUT2D eigenvalue weighted by atomic mass is 16.1. The van der Waals surface area contributed by atoms with Crippen LogP contribution in [-0.2, 0) is 13.0 Å². The predicted octanol–water partition coefficient (Wildman–Crippen LogP) is 2.03. The zero-order valence-electron chi connectivity index (χ0n) is 10.1. The number of Topliss-reactive ketones (excluding diaryl/α,β-unsaturated/α-hetero) is 1. The molecule has 0 N–H and O–H groups in total. The number of nitrogens with zero attached hydrogens (tertiary/aromatic N) is 3. The van der Waals surface area contributed by atoms with Crippen molar-refractivity contribution in [2.75, 3.05) is 0 Å². The second-order valence-corrected chi connectivity index (χ2v) is 4.02. The van der Waals surface area contributed by atoms with E-state index in [-0.39, 0.29) is 5.78 Å². The van der Waals surface area contributed by atoms with E-state index in [0.717, 1.165) is 17.7 Å². The molecule has 2 rings (SSSR count). The minimum Gasteiger partial charge on any atom is -0.292 e. The molecule has 88 valence electrons. The summed E-state index contributed by atoms with van der Waals surface area (Å²) in [5.41, 5.74) is 2.50. The first-order chi connectivity index (χ1) is 8.19. The lowest BCUT2D eigenvalue weighted by atomic mass is 10.1. The van der Waals surface area contributed by atoms with Gasteiger partial charge in [-0.2, -0.15) is 5.10 Å². The van der Waals surface area contributed by atoms with Gasteiger partial charge in [-0.25, -0.2) is 0 Å². The van der Waals surface area contributed by atoms with Crippen molar-refractivity contribution in [1.82, 2.24) is 14.8 Å². The van der Waals surface area contributed by atoms with Gasteiger partial charge in [0.05, 0.1) is 6.20 Å². The van der Waals surface area contributed by atoms with Crippen LogP contribution in [0.15, 0.2) is 30.7 Å². The summed E-state index contributed by atoms with van der Waals surface area (Å²) in [6, 6.07) is 3.69. The summed E-state index contributed by atoms with van der Waals surface area (Å²) in [5.74, 6) is 0.0318. The van der Waals surface area contributed by atoms with Gasteiger partial charge in [-0.3, -0.25) is 14.5 Å². The Balaban J connectivity index is 2.11. The molecule has 0 bridgehead atoms. The Labute approximate surface area is 100 Å². The maximum atomic E-state index is 12.0. The second-order valence-electron chi connectivity index (χ2n) is 4.02. The van der Waals surface area contributed by atoms with Gasteiger partial charge in [0.15, 0.2) is 5.78 Å². The van der Waals surface area contributed by atoms with Crippen LogP contribution >= 0.6 is 0 Å². The van der Waals surface area contributed by atoms with Gasteiger partial charge in [0.1, 0.15) is 5.69 Å². The van der Waals surface area contributed by atoms with E-state index in [0.29, 0.717) is 12.1 Å². The number of aromatic nitrogens is 3. The molecule has 0 saturated heterocycles. The summed E-state index contributed by atoms with van der Waals surface area (Å²) in [6.45, 7) is 4.78. The fourth-order valence-electron chi connectivity index (χ4n) is 1.64. The summed E-state index contributed by atoms with van der Waals surface area (Å²) in [7, 11) is 0. The van der Waals surface area contributed by atoms with E-state index < -0.39 is 0 Å². The van der Waals surface area contributed by atoms with Gasteiger partial charge in [0, 0.05) is 25.4 Å². The zero-order valence-corrected chi connectivity index (χ0v) is 10.1. The molecule has 0 fully saturated rings. The molecule has 0 radical (unpaired) electrons. The third-order valence-corrected chi connectivity index (χ3v) is 2.58. The van der Waals surface area contributed by atoms with Crippen molar-refractivity contribution in [3.05, 3.63) is 47.5 Å². The summed E-state index contributed by atoms with van der Waals surface area (Å²) in [6.07, 6.45) is 5.65. The summed E-state index contributed by atoms with van der Waals surface area (Å²) >= 11 is 0. The first-order valence-electron chi connectivity index (χ1n) is 5.66. The molecule has 2 aromatic heterocycles. The molecule has 0 unspecified atom stereocenters. The smallest absolute Gasteiger partial charge is 0.185 e. The largest absolute Gasteiger partial charge is 0.292 e. The Hall–Kier alpha value is -1.97. The van der Waals surface area contributed by atoms with Crippen molar-refractivity contribution in [2.24, 2.45) is 0 Å². The van der Waals surface area contributed by atoms with E-state index in [4.69, 9.17) is 0 Å². The lowest BCUT2D eigenvalue weighted by Crippen LogP contribution is -2.05. The van der Waals surface area contributed by atoms with Crippen molar-refractivity contribution in [2.45, 2.75) is 26.8 Å². The Morgan fingerprint density at radius 2 is 2.29 bits per heavy atom.